The lowest BCUT2D eigenvalue weighted by Gasteiger charge is -2.36. The molecule has 106 valence electrons. The molecule has 1 N–H and O–H groups in total. The summed E-state index contributed by atoms with van der Waals surface area (Å²) in [6.07, 6.45) is 10.3. The largest absolute Gasteiger partial charge is 0.489 e. The van der Waals surface area contributed by atoms with Crippen LogP contribution in [0.4, 0.5) is 0 Å². The fourth-order valence-electron chi connectivity index (χ4n) is 3.59. The summed E-state index contributed by atoms with van der Waals surface area (Å²) in [6.45, 7) is 1.97. The molecule has 0 aromatic heterocycles. The second-order valence-corrected chi connectivity index (χ2v) is 6.34. The van der Waals surface area contributed by atoms with Crippen LogP contribution in [-0.4, -0.2) is 39.9 Å². The highest BCUT2D eigenvalue weighted by Gasteiger charge is 2.71. The fraction of sp³-hybridized carbons (Fsp3) is 0.600. The summed E-state index contributed by atoms with van der Waals surface area (Å²) in [5.74, 6) is 1.12. The average molecular weight is 274 g/mol. The van der Waals surface area contributed by atoms with Gasteiger partial charge in [0.1, 0.15) is 23.7 Å². The highest BCUT2D eigenvalue weighted by atomic mass is 16.5. The Balaban J connectivity index is 1.47. The van der Waals surface area contributed by atoms with Crippen LogP contribution in [0.1, 0.15) is 26.2 Å². The van der Waals surface area contributed by atoms with E-state index >= 15 is 0 Å². The number of nitrogens with zero attached hydrogens (tertiary/aromatic N) is 2. The SMILES string of the molecule is CC(=O)C1C2C=NN3C=C(OCC4(O)CCC4)C=CC213. The van der Waals surface area contributed by atoms with Crippen molar-refractivity contribution >= 4 is 12.0 Å². The molecule has 2 saturated carbocycles. The molecule has 0 aromatic rings. The lowest BCUT2D eigenvalue weighted by molar-refractivity contribution is -0.119. The standard InChI is InChI=1S/C15H18N2O3/c1-10(18)13-12-7-16-17-8-11(3-6-15(12,13)17)20-9-14(19)4-2-5-14/h3,6-8,12-13,19H,2,4-5,9H2,1H3. The molecule has 2 heterocycles. The molecule has 1 spiro atoms. The summed E-state index contributed by atoms with van der Waals surface area (Å²) in [5.41, 5.74) is -0.922. The Labute approximate surface area is 117 Å². The first-order valence-electron chi connectivity index (χ1n) is 7.15. The molecule has 0 bridgehead atoms. The van der Waals surface area contributed by atoms with Crippen LogP contribution in [0.25, 0.3) is 0 Å². The predicted molar refractivity (Wildman–Crippen MR) is 72.7 cm³/mol. The first-order valence-corrected chi connectivity index (χ1v) is 7.15. The normalized spacial score (nSPS) is 38.7. The molecule has 2 aliphatic heterocycles. The second kappa shape index (κ2) is 3.73. The molecule has 3 unspecified atom stereocenters. The molecular formula is C15H18N2O3. The van der Waals surface area contributed by atoms with E-state index in [0.717, 1.165) is 19.3 Å². The van der Waals surface area contributed by atoms with Crippen molar-refractivity contribution in [1.82, 2.24) is 5.01 Å². The fourth-order valence-corrected chi connectivity index (χ4v) is 3.59. The van der Waals surface area contributed by atoms with E-state index in [-0.39, 0.29) is 23.2 Å². The highest BCUT2D eigenvalue weighted by molar-refractivity contribution is 5.93. The van der Waals surface area contributed by atoms with E-state index in [1.54, 1.807) is 6.92 Å². The lowest BCUT2D eigenvalue weighted by Crippen LogP contribution is -2.41. The quantitative estimate of drug-likeness (QED) is 0.837. The van der Waals surface area contributed by atoms with Gasteiger partial charge in [-0.2, -0.15) is 5.10 Å². The maximum atomic E-state index is 11.6. The van der Waals surface area contributed by atoms with Gasteiger partial charge in [-0.1, -0.05) is 6.08 Å². The van der Waals surface area contributed by atoms with Crippen LogP contribution in [0, 0.1) is 11.8 Å². The van der Waals surface area contributed by atoms with Crippen molar-refractivity contribution < 1.29 is 14.6 Å². The van der Waals surface area contributed by atoms with Crippen molar-refractivity contribution in [2.75, 3.05) is 6.61 Å². The van der Waals surface area contributed by atoms with Crippen LogP contribution in [0.2, 0.25) is 0 Å². The number of ether oxygens (including phenoxy) is 1. The summed E-state index contributed by atoms with van der Waals surface area (Å²) in [6, 6.07) is 0. The summed E-state index contributed by atoms with van der Waals surface area (Å²) in [4.78, 5) is 11.6. The first-order chi connectivity index (χ1) is 9.55. The van der Waals surface area contributed by atoms with Gasteiger partial charge >= 0.3 is 0 Å². The summed E-state index contributed by atoms with van der Waals surface area (Å²) >= 11 is 0. The third-order valence-corrected chi connectivity index (χ3v) is 5.02. The van der Waals surface area contributed by atoms with Gasteiger partial charge in [0.25, 0.3) is 0 Å². The molecular weight excluding hydrogens is 256 g/mol. The van der Waals surface area contributed by atoms with Crippen molar-refractivity contribution in [3.8, 4) is 0 Å². The molecule has 5 nitrogen and oxygen atoms in total. The van der Waals surface area contributed by atoms with E-state index in [1.807, 2.05) is 29.6 Å². The molecule has 3 atom stereocenters. The molecule has 4 aliphatic rings. The van der Waals surface area contributed by atoms with Crippen molar-refractivity contribution in [2.45, 2.75) is 37.3 Å². The molecule has 0 radical (unpaired) electrons. The highest BCUT2D eigenvalue weighted by Crippen LogP contribution is 2.60. The first kappa shape index (κ1) is 12.1. The van der Waals surface area contributed by atoms with E-state index in [1.165, 1.54) is 0 Å². The van der Waals surface area contributed by atoms with Gasteiger partial charge in [-0.25, -0.2) is 0 Å². The number of hydrogen-bond donors (Lipinski definition) is 1. The monoisotopic (exact) mass is 274 g/mol. The van der Waals surface area contributed by atoms with E-state index in [2.05, 4.69) is 5.10 Å². The maximum Gasteiger partial charge on any atom is 0.137 e. The number of carbonyl (C=O) groups is 1. The van der Waals surface area contributed by atoms with Crippen molar-refractivity contribution in [1.29, 1.82) is 0 Å². The number of allylic oxidation sites excluding steroid dienone is 1. The minimum Gasteiger partial charge on any atom is -0.489 e. The maximum absolute atomic E-state index is 11.6. The molecule has 20 heavy (non-hydrogen) atoms. The van der Waals surface area contributed by atoms with Crippen molar-refractivity contribution in [2.24, 2.45) is 16.9 Å². The third-order valence-electron chi connectivity index (χ3n) is 5.02. The van der Waals surface area contributed by atoms with Gasteiger partial charge in [0.2, 0.25) is 0 Å². The minimum atomic E-state index is -0.651. The Morgan fingerprint density at radius 3 is 3.00 bits per heavy atom. The van der Waals surface area contributed by atoms with Crippen molar-refractivity contribution in [3.63, 3.8) is 0 Å². The van der Waals surface area contributed by atoms with Gasteiger partial charge in [-0.3, -0.25) is 9.80 Å². The van der Waals surface area contributed by atoms with Crippen LogP contribution in [0.5, 0.6) is 0 Å². The molecule has 4 rings (SSSR count). The zero-order valence-electron chi connectivity index (χ0n) is 11.5. The molecule has 0 aromatic carbocycles. The Kier molecular flexibility index (Phi) is 2.26. The van der Waals surface area contributed by atoms with Crippen LogP contribution in [0.3, 0.4) is 0 Å². The Hall–Kier alpha value is -1.62. The van der Waals surface area contributed by atoms with Crippen LogP contribution in [-0.2, 0) is 9.53 Å². The topological polar surface area (TPSA) is 62.1 Å². The number of Topliss-reactive ketones (excluding diaryl/α,β-unsaturated/α-hetero) is 1. The van der Waals surface area contributed by atoms with Crippen LogP contribution >= 0.6 is 0 Å². The molecule has 2 fully saturated rings. The zero-order chi connectivity index (χ0) is 14.0. The molecule has 0 saturated heterocycles. The van der Waals surface area contributed by atoms with E-state index in [4.69, 9.17) is 4.74 Å². The summed E-state index contributed by atoms with van der Waals surface area (Å²) < 4.78 is 5.68. The number of carbonyl (C=O) groups excluding carboxylic acids is 1. The third kappa shape index (κ3) is 1.47. The van der Waals surface area contributed by atoms with Gasteiger partial charge in [0.15, 0.2) is 0 Å². The average Bonchev–Trinajstić information content (AvgIpc) is 2.89. The Morgan fingerprint density at radius 2 is 2.40 bits per heavy atom. The molecule has 5 heteroatoms. The van der Waals surface area contributed by atoms with Crippen molar-refractivity contribution in [3.05, 3.63) is 24.1 Å². The van der Waals surface area contributed by atoms with E-state index in [0.29, 0.717) is 12.4 Å². The van der Waals surface area contributed by atoms with Gasteiger partial charge in [-0.05, 0) is 32.3 Å². The van der Waals surface area contributed by atoms with Gasteiger partial charge in [0.05, 0.1) is 17.7 Å². The predicted octanol–water partition coefficient (Wildman–Crippen LogP) is 1.20. The molecule has 2 aliphatic carbocycles. The van der Waals surface area contributed by atoms with Gasteiger partial charge in [-0.15, -0.1) is 0 Å². The van der Waals surface area contributed by atoms with E-state index in [9.17, 15) is 9.90 Å². The Morgan fingerprint density at radius 1 is 1.60 bits per heavy atom. The summed E-state index contributed by atoms with van der Waals surface area (Å²) in [7, 11) is 0. The molecule has 0 amide bonds. The zero-order valence-corrected chi connectivity index (χ0v) is 11.5. The Bertz CT molecular complexity index is 561. The van der Waals surface area contributed by atoms with Crippen LogP contribution < -0.4 is 0 Å². The minimum absolute atomic E-state index is 0.0184. The number of ketones is 1. The van der Waals surface area contributed by atoms with Crippen LogP contribution in [0.15, 0.2) is 29.2 Å². The van der Waals surface area contributed by atoms with Gasteiger partial charge < -0.3 is 9.84 Å². The smallest absolute Gasteiger partial charge is 0.137 e. The number of hydrazone groups is 1. The number of hydrogen-bond acceptors (Lipinski definition) is 5. The summed E-state index contributed by atoms with van der Waals surface area (Å²) in [5, 5.41) is 16.2. The number of aliphatic hydroxyl groups is 1. The van der Waals surface area contributed by atoms with E-state index < -0.39 is 5.60 Å². The lowest BCUT2D eigenvalue weighted by atomic mass is 9.81. The number of rotatable bonds is 4. The van der Waals surface area contributed by atoms with Gasteiger partial charge in [0, 0.05) is 12.1 Å². The second-order valence-electron chi connectivity index (χ2n) is 6.34.